The number of benzene rings is 2. The van der Waals surface area contributed by atoms with Crippen molar-refractivity contribution in [1.29, 1.82) is 0 Å². The largest absolute Gasteiger partial charge is 0.494 e. The number of hydrogen-bond acceptors (Lipinski definition) is 7. The van der Waals surface area contributed by atoms with E-state index in [1.54, 1.807) is 16.7 Å². The molecule has 0 aliphatic rings. The topological polar surface area (TPSA) is 135 Å². The first-order valence-corrected chi connectivity index (χ1v) is 12.4. The van der Waals surface area contributed by atoms with Crippen LogP contribution in [-0.4, -0.2) is 43.0 Å². The molecule has 10 nitrogen and oxygen atoms in total. The van der Waals surface area contributed by atoms with Crippen molar-refractivity contribution in [2.75, 3.05) is 17.7 Å². The van der Waals surface area contributed by atoms with Gasteiger partial charge in [-0.15, -0.1) is 10.2 Å². The van der Waals surface area contributed by atoms with E-state index in [2.05, 4.69) is 41.4 Å². The number of aromatic nitrogens is 5. The van der Waals surface area contributed by atoms with E-state index >= 15 is 0 Å². The van der Waals surface area contributed by atoms with Crippen LogP contribution in [0.2, 0.25) is 0 Å². The van der Waals surface area contributed by atoms with Gasteiger partial charge in [0.05, 0.1) is 12.4 Å². The summed E-state index contributed by atoms with van der Waals surface area (Å²) in [6, 6.07) is 15.9. The second-order valence-corrected chi connectivity index (χ2v) is 9.15. The molecule has 4 rings (SSSR count). The maximum absolute atomic E-state index is 12.5. The molecule has 0 radical (unpaired) electrons. The second kappa shape index (κ2) is 11.2. The van der Waals surface area contributed by atoms with Gasteiger partial charge in [-0.2, -0.15) is 0 Å². The minimum atomic E-state index is -0.598. The van der Waals surface area contributed by atoms with Crippen LogP contribution in [0.15, 0.2) is 73.8 Å². The Hall–Kier alpha value is -3.64. The Labute approximate surface area is 212 Å². The molecule has 2 heterocycles. The van der Waals surface area contributed by atoms with Gasteiger partial charge < -0.3 is 15.0 Å². The molecule has 1 amide bonds. The molecule has 0 fully saturated rings. The smallest absolute Gasteiger partial charge is 0.325 e. The summed E-state index contributed by atoms with van der Waals surface area (Å²) in [5.41, 5.74) is 0.721. The van der Waals surface area contributed by atoms with Gasteiger partial charge in [-0.1, -0.05) is 27.7 Å². The van der Waals surface area contributed by atoms with Crippen molar-refractivity contribution >= 4 is 39.3 Å². The molecule has 3 N–H and O–H groups in total. The van der Waals surface area contributed by atoms with Crippen LogP contribution in [0.25, 0.3) is 5.69 Å². The zero-order valence-corrected chi connectivity index (χ0v) is 21.0. The van der Waals surface area contributed by atoms with E-state index < -0.39 is 11.2 Å². The molecule has 12 heteroatoms. The summed E-state index contributed by atoms with van der Waals surface area (Å²) in [7, 11) is 0. The van der Waals surface area contributed by atoms with Gasteiger partial charge in [0.1, 0.15) is 11.6 Å². The van der Waals surface area contributed by atoms with E-state index in [0.717, 1.165) is 10.2 Å². The summed E-state index contributed by atoms with van der Waals surface area (Å²) < 4.78 is 8.23. The first-order valence-electron chi connectivity index (χ1n) is 10.6. The molecule has 0 saturated heterocycles. The molecule has 0 aliphatic carbocycles. The first kappa shape index (κ1) is 24.5. The number of nitrogens with zero attached hydrogens (tertiary/aromatic N) is 3. The lowest BCUT2D eigenvalue weighted by Crippen LogP contribution is -2.23. The lowest BCUT2D eigenvalue weighted by Gasteiger charge is -2.11. The molecular weight excluding hydrogens is 536 g/mol. The van der Waals surface area contributed by atoms with Gasteiger partial charge in [0.15, 0.2) is 5.16 Å². The molecule has 0 atom stereocenters. The number of rotatable bonds is 9. The lowest BCUT2D eigenvalue weighted by molar-refractivity contribution is -0.113. The third kappa shape index (κ3) is 6.49. The summed E-state index contributed by atoms with van der Waals surface area (Å²) in [4.78, 5) is 40.7. The molecule has 0 bridgehead atoms. The number of hydrogen-bond donors (Lipinski definition) is 3. The Morgan fingerprint density at radius 3 is 2.51 bits per heavy atom. The van der Waals surface area contributed by atoms with Gasteiger partial charge in [-0.25, -0.2) is 4.79 Å². The minimum Gasteiger partial charge on any atom is -0.494 e. The number of aromatic amines is 2. The zero-order chi connectivity index (χ0) is 24.8. The number of amides is 1. The monoisotopic (exact) mass is 556 g/mol. The van der Waals surface area contributed by atoms with Crippen molar-refractivity contribution in [3.63, 3.8) is 0 Å². The highest BCUT2D eigenvalue weighted by molar-refractivity contribution is 9.10. The van der Waals surface area contributed by atoms with E-state index in [1.165, 1.54) is 17.8 Å². The van der Waals surface area contributed by atoms with Crippen LogP contribution in [-0.2, 0) is 11.2 Å². The second-order valence-electron chi connectivity index (χ2n) is 7.29. The van der Waals surface area contributed by atoms with E-state index in [4.69, 9.17) is 4.74 Å². The molecule has 4 aromatic rings. The first-order chi connectivity index (χ1) is 16.9. The number of anilines is 1. The summed E-state index contributed by atoms with van der Waals surface area (Å²) in [5.74, 6) is 1.12. The number of carbonyl (C=O) groups excluding carboxylic acids is 1. The highest BCUT2D eigenvalue weighted by atomic mass is 79.9. The average molecular weight is 557 g/mol. The van der Waals surface area contributed by atoms with Crippen molar-refractivity contribution in [2.45, 2.75) is 18.5 Å². The van der Waals surface area contributed by atoms with Crippen molar-refractivity contribution in [1.82, 2.24) is 24.7 Å². The number of ether oxygens (including phenoxy) is 1. The van der Waals surface area contributed by atoms with Crippen LogP contribution in [0.1, 0.15) is 18.4 Å². The summed E-state index contributed by atoms with van der Waals surface area (Å²) in [5, 5.41) is 11.9. The van der Waals surface area contributed by atoms with Crippen molar-refractivity contribution < 1.29 is 9.53 Å². The minimum absolute atomic E-state index is 0.104. The van der Waals surface area contributed by atoms with Crippen molar-refractivity contribution in [3.05, 3.63) is 91.4 Å². The van der Waals surface area contributed by atoms with E-state index in [1.807, 2.05) is 43.3 Å². The molecule has 0 aliphatic heterocycles. The predicted molar refractivity (Wildman–Crippen MR) is 137 cm³/mol. The van der Waals surface area contributed by atoms with Crippen molar-refractivity contribution in [2.24, 2.45) is 0 Å². The fourth-order valence-electron chi connectivity index (χ4n) is 3.27. The highest BCUT2D eigenvalue weighted by Crippen LogP contribution is 2.25. The standard InChI is InChI=1S/C23H21BrN6O4S/c1-2-34-18-9-7-17(8-10-18)30-19(11-16-12-20(31)27-22(33)26-16)28-29-23(30)35-13-21(32)25-15-5-3-14(24)4-6-15/h3-10,12H,2,11,13H2,1H3,(H,25,32)(H2,26,27,31,33). The molecule has 0 spiro atoms. The van der Waals surface area contributed by atoms with Crippen LogP contribution in [0.3, 0.4) is 0 Å². The molecule has 0 saturated carbocycles. The highest BCUT2D eigenvalue weighted by Gasteiger charge is 2.17. The van der Waals surface area contributed by atoms with E-state index in [9.17, 15) is 14.4 Å². The van der Waals surface area contributed by atoms with Gasteiger partial charge >= 0.3 is 5.69 Å². The van der Waals surface area contributed by atoms with Gasteiger partial charge in [-0.3, -0.25) is 19.1 Å². The van der Waals surface area contributed by atoms with Gasteiger partial charge in [0.2, 0.25) is 5.91 Å². The molecule has 2 aromatic carbocycles. The van der Waals surface area contributed by atoms with Crippen LogP contribution in [0, 0.1) is 0 Å². The summed E-state index contributed by atoms with van der Waals surface area (Å²) in [6.45, 7) is 2.45. The normalized spacial score (nSPS) is 10.8. The van der Waals surface area contributed by atoms with Crippen molar-refractivity contribution in [3.8, 4) is 11.4 Å². The van der Waals surface area contributed by atoms with Crippen LogP contribution in [0.5, 0.6) is 5.75 Å². The summed E-state index contributed by atoms with van der Waals surface area (Å²) >= 11 is 4.59. The zero-order valence-electron chi connectivity index (χ0n) is 18.6. The Bertz CT molecular complexity index is 1400. The van der Waals surface area contributed by atoms with Gasteiger partial charge in [-0.05, 0) is 55.5 Å². The fraction of sp³-hybridized carbons (Fsp3) is 0.174. The molecule has 35 heavy (non-hydrogen) atoms. The van der Waals surface area contributed by atoms with E-state index in [0.29, 0.717) is 34.7 Å². The molecular formula is C23H21BrN6O4S. The molecule has 180 valence electrons. The number of carbonyl (C=O) groups is 1. The Morgan fingerprint density at radius 2 is 1.83 bits per heavy atom. The van der Waals surface area contributed by atoms with Crippen LogP contribution in [0.4, 0.5) is 5.69 Å². The number of halogens is 1. The lowest BCUT2D eigenvalue weighted by atomic mass is 10.2. The molecule has 2 aromatic heterocycles. The third-order valence-electron chi connectivity index (χ3n) is 4.73. The fourth-order valence-corrected chi connectivity index (χ4v) is 4.31. The average Bonchev–Trinajstić information content (AvgIpc) is 3.21. The number of thioether (sulfide) groups is 1. The SMILES string of the molecule is CCOc1ccc(-n2c(Cc3cc(=O)[nH]c(=O)[nH]3)nnc2SCC(=O)Nc2ccc(Br)cc2)cc1. The quantitative estimate of drug-likeness (QED) is 0.269. The molecule has 0 unspecified atom stereocenters. The number of H-pyrrole nitrogens is 2. The van der Waals surface area contributed by atoms with E-state index in [-0.39, 0.29) is 18.1 Å². The maximum atomic E-state index is 12.5. The number of nitrogens with one attached hydrogen (secondary N) is 3. The Kier molecular flexibility index (Phi) is 7.83. The van der Waals surface area contributed by atoms with Crippen LogP contribution >= 0.6 is 27.7 Å². The Balaban J connectivity index is 1.59. The van der Waals surface area contributed by atoms with Gasteiger partial charge in [0, 0.05) is 34.0 Å². The third-order valence-corrected chi connectivity index (χ3v) is 6.19. The maximum Gasteiger partial charge on any atom is 0.325 e. The predicted octanol–water partition coefficient (Wildman–Crippen LogP) is 3.13. The summed E-state index contributed by atoms with van der Waals surface area (Å²) in [6.07, 6.45) is 0.158. The van der Waals surface area contributed by atoms with Gasteiger partial charge in [0.25, 0.3) is 5.56 Å². The van der Waals surface area contributed by atoms with Crippen LogP contribution < -0.4 is 21.3 Å². The Morgan fingerprint density at radius 1 is 1.09 bits per heavy atom.